The van der Waals surface area contributed by atoms with Gasteiger partial charge in [-0.15, -0.1) is 0 Å². The van der Waals surface area contributed by atoms with E-state index in [0.717, 1.165) is 37.0 Å². The molecule has 0 saturated carbocycles. The molecule has 0 bridgehead atoms. The normalized spacial score (nSPS) is 16.4. The molecule has 4 nitrogen and oxygen atoms in total. The Morgan fingerprint density at radius 2 is 2.15 bits per heavy atom. The Morgan fingerprint density at radius 1 is 1.35 bits per heavy atom. The number of nitrogens with one attached hydrogen (secondary N) is 1. The van der Waals surface area contributed by atoms with Gasteiger partial charge in [0.1, 0.15) is 6.54 Å². The zero-order valence-electron chi connectivity index (χ0n) is 11.1. The molecule has 5 heteroatoms. The maximum Gasteiger partial charge on any atom is 0.240 e. The van der Waals surface area contributed by atoms with Crippen molar-refractivity contribution in [2.24, 2.45) is 0 Å². The van der Waals surface area contributed by atoms with E-state index in [2.05, 4.69) is 5.32 Å². The first-order valence-electron chi connectivity index (χ1n) is 6.84. The predicted molar refractivity (Wildman–Crippen MR) is 78.9 cm³/mol. The molecule has 1 N–H and O–H groups in total. The molecule has 0 radical (unpaired) electrons. The quantitative estimate of drug-likeness (QED) is 0.945. The summed E-state index contributed by atoms with van der Waals surface area (Å²) in [5, 5.41) is 4.76. The Kier molecular flexibility index (Phi) is 3.94. The molecule has 1 aliphatic heterocycles. The number of rotatable bonds is 3. The number of halogens is 1. The van der Waals surface area contributed by atoms with E-state index in [1.807, 2.05) is 35.0 Å². The molecule has 1 amide bonds. The number of aromatic nitrogens is 1. The lowest BCUT2D eigenvalue weighted by atomic mass is 10.1. The van der Waals surface area contributed by atoms with Crippen molar-refractivity contribution in [2.45, 2.75) is 25.4 Å². The SMILES string of the molecule is O=C(Cn1ccc2c(Cl)cccc21)NC1CCOCC1. The van der Waals surface area contributed by atoms with Gasteiger partial charge in [0.25, 0.3) is 0 Å². The van der Waals surface area contributed by atoms with Crippen molar-refractivity contribution in [1.82, 2.24) is 9.88 Å². The highest BCUT2D eigenvalue weighted by Gasteiger charge is 2.16. The first kappa shape index (κ1) is 13.5. The van der Waals surface area contributed by atoms with Gasteiger partial charge in [0.15, 0.2) is 0 Å². The number of carbonyl (C=O) groups excluding carboxylic acids is 1. The maximum atomic E-state index is 12.1. The fourth-order valence-electron chi connectivity index (χ4n) is 2.59. The average Bonchev–Trinajstić information content (AvgIpc) is 2.84. The van der Waals surface area contributed by atoms with E-state index < -0.39 is 0 Å². The van der Waals surface area contributed by atoms with Crippen LogP contribution in [0.5, 0.6) is 0 Å². The summed E-state index contributed by atoms with van der Waals surface area (Å²) in [5.41, 5.74) is 0.986. The van der Waals surface area contributed by atoms with Crippen LogP contribution < -0.4 is 5.32 Å². The number of carbonyl (C=O) groups is 1. The van der Waals surface area contributed by atoms with Crippen molar-refractivity contribution < 1.29 is 9.53 Å². The molecule has 1 saturated heterocycles. The summed E-state index contributed by atoms with van der Waals surface area (Å²) in [4.78, 5) is 12.1. The summed E-state index contributed by atoms with van der Waals surface area (Å²) in [6, 6.07) is 7.91. The van der Waals surface area contributed by atoms with Crippen molar-refractivity contribution >= 4 is 28.4 Å². The first-order valence-corrected chi connectivity index (χ1v) is 7.22. The van der Waals surface area contributed by atoms with E-state index in [1.165, 1.54) is 0 Å². The van der Waals surface area contributed by atoms with Crippen LogP contribution in [0.15, 0.2) is 30.5 Å². The lowest BCUT2D eigenvalue weighted by molar-refractivity contribution is -0.122. The van der Waals surface area contributed by atoms with E-state index in [0.29, 0.717) is 11.6 Å². The molecule has 3 rings (SSSR count). The van der Waals surface area contributed by atoms with Gasteiger partial charge in [0.05, 0.1) is 0 Å². The predicted octanol–water partition coefficient (Wildman–Crippen LogP) is 2.59. The second kappa shape index (κ2) is 5.85. The standard InChI is InChI=1S/C15H17ClN2O2/c16-13-2-1-3-14-12(13)4-7-18(14)10-15(19)17-11-5-8-20-9-6-11/h1-4,7,11H,5-6,8-10H2,(H,17,19). The molecule has 0 aliphatic carbocycles. The number of hydrogen-bond donors (Lipinski definition) is 1. The van der Waals surface area contributed by atoms with Crippen LogP contribution in [-0.4, -0.2) is 29.7 Å². The fraction of sp³-hybridized carbons (Fsp3) is 0.400. The monoisotopic (exact) mass is 292 g/mol. The van der Waals surface area contributed by atoms with Gasteiger partial charge >= 0.3 is 0 Å². The van der Waals surface area contributed by atoms with Gasteiger partial charge in [-0.25, -0.2) is 0 Å². The van der Waals surface area contributed by atoms with Crippen molar-refractivity contribution in [2.75, 3.05) is 13.2 Å². The van der Waals surface area contributed by atoms with E-state index >= 15 is 0 Å². The molecule has 0 spiro atoms. The van der Waals surface area contributed by atoms with Crippen molar-refractivity contribution in [1.29, 1.82) is 0 Å². The molecule has 2 aromatic rings. The fourth-order valence-corrected chi connectivity index (χ4v) is 2.83. The van der Waals surface area contributed by atoms with Crippen molar-refractivity contribution in [3.63, 3.8) is 0 Å². The van der Waals surface area contributed by atoms with E-state index in [1.54, 1.807) is 0 Å². The number of ether oxygens (including phenoxy) is 1. The molecule has 2 heterocycles. The summed E-state index contributed by atoms with van der Waals surface area (Å²) < 4.78 is 7.21. The Bertz CT molecular complexity index is 617. The van der Waals surface area contributed by atoms with Crippen LogP contribution >= 0.6 is 11.6 Å². The summed E-state index contributed by atoms with van der Waals surface area (Å²) in [6.07, 6.45) is 3.69. The summed E-state index contributed by atoms with van der Waals surface area (Å²) in [5.74, 6) is 0.0365. The van der Waals surface area contributed by atoms with Crippen LogP contribution in [0.1, 0.15) is 12.8 Å². The zero-order valence-corrected chi connectivity index (χ0v) is 11.9. The van der Waals surface area contributed by atoms with Crippen molar-refractivity contribution in [3.8, 4) is 0 Å². The summed E-state index contributed by atoms with van der Waals surface area (Å²) >= 11 is 6.13. The van der Waals surface area contributed by atoms with Crippen LogP contribution in [0.3, 0.4) is 0 Å². The lowest BCUT2D eigenvalue weighted by Crippen LogP contribution is -2.40. The molecular formula is C15H17ClN2O2. The minimum atomic E-state index is 0.0365. The molecule has 106 valence electrons. The average molecular weight is 293 g/mol. The van der Waals surface area contributed by atoms with Gasteiger partial charge in [-0.2, -0.15) is 0 Å². The van der Waals surface area contributed by atoms with Crippen LogP contribution in [0, 0.1) is 0 Å². The Hall–Kier alpha value is -1.52. The lowest BCUT2D eigenvalue weighted by Gasteiger charge is -2.23. The third kappa shape index (κ3) is 2.81. The van der Waals surface area contributed by atoms with Gasteiger partial charge < -0.3 is 14.6 Å². The van der Waals surface area contributed by atoms with Crippen molar-refractivity contribution in [3.05, 3.63) is 35.5 Å². The molecule has 0 atom stereocenters. The first-order chi connectivity index (χ1) is 9.74. The van der Waals surface area contributed by atoms with Gasteiger partial charge in [0.2, 0.25) is 5.91 Å². The Morgan fingerprint density at radius 3 is 2.95 bits per heavy atom. The van der Waals surface area contributed by atoms with Gasteiger partial charge in [-0.3, -0.25) is 4.79 Å². The van der Waals surface area contributed by atoms with Gasteiger partial charge in [-0.1, -0.05) is 17.7 Å². The number of nitrogens with zero attached hydrogens (tertiary/aromatic N) is 1. The smallest absolute Gasteiger partial charge is 0.240 e. The molecular weight excluding hydrogens is 276 g/mol. The third-order valence-electron chi connectivity index (χ3n) is 3.66. The van der Waals surface area contributed by atoms with Crippen LogP contribution in [0.25, 0.3) is 10.9 Å². The topological polar surface area (TPSA) is 43.3 Å². The van der Waals surface area contributed by atoms with Crippen LogP contribution in [-0.2, 0) is 16.1 Å². The Labute approximate surface area is 122 Å². The van der Waals surface area contributed by atoms with Crippen LogP contribution in [0.2, 0.25) is 5.02 Å². The minimum Gasteiger partial charge on any atom is -0.381 e. The molecule has 1 fully saturated rings. The highest BCUT2D eigenvalue weighted by Crippen LogP contribution is 2.24. The summed E-state index contributed by atoms with van der Waals surface area (Å²) in [7, 11) is 0. The highest BCUT2D eigenvalue weighted by molar-refractivity contribution is 6.35. The minimum absolute atomic E-state index is 0.0365. The molecule has 1 aromatic heterocycles. The van der Waals surface area contributed by atoms with Crippen LogP contribution in [0.4, 0.5) is 0 Å². The second-order valence-corrected chi connectivity index (χ2v) is 5.48. The molecule has 20 heavy (non-hydrogen) atoms. The summed E-state index contributed by atoms with van der Waals surface area (Å²) in [6.45, 7) is 1.78. The number of benzene rings is 1. The highest BCUT2D eigenvalue weighted by atomic mass is 35.5. The van der Waals surface area contributed by atoms with Gasteiger partial charge in [0, 0.05) is 41.4 Å². The van der Waals surface area contributed by atoms with E-state index in [9.17, 15) is 4.79 Å². The van der Waals surface area contributed by atoms with E-state index in [-0.39, 0.29) is 11.9 Å². The largest absolute Gasteiger partial charge is 0.381 e. The number of fused-ring (bicyclic) bond motifs is 1. The number of amides is 1. The van der Waals surface area contributed by atoms with E-state index in [4.69, 9.17) is 16.3 Å². The second-order valence-electron chi connectivity index (χ2n) is 5.07. The Balaban J connectivity index is 1.69. The maximum absolute atomic E-state index is 12.1. The molecule has 1 aliphatic rings. The number of hydrogen-bond acceptors (Lipinski definition) is 2. The molecule has 1 aromatic carbocycles. The molecule has 0 unspecified atom stereocenters. The third-order valence-corrected chi connectivity index (χ3v) is 3.99. The van der Waals surface area contributed by atoms with Gasteiger partial charge in [-0.05, 0) is 31.0 Å². The zero-order chi connectivity index (χ0) is 13.9.